The van der Waals surface area contributed by atoms with Gasteiger partial charge in [-0.2, -0.15) is 0 Å². The van der Waals surface area contributed by atoms with Crippen molar-refractivity contribution in [3.05, 3.63) is 59.2 Å². The van der Waals surface area contributed by atoms with Gasteiger partial charge in [0.2, 0.25) is 0 Å². The van der Waals surface area contributed by atoms with Gasteiger partial charge in [0.25, 0.3) is 5.91 Å². The zero-order valence-electron chi connectivity index (χ0n) is 11.4. The number of anilines is 1. The molecule has 20 heavy (non-hydrogen) atoms. The van der Waals surface area contributed by atoms with Crippen molar-refractivity contribution in [2.45, 2.75) is 13.5 Å². The SMILES string of the molecule is CNc1c(F)cccc1C(=O)NCc1ccc(C)nc1. The summed E-state index contributed by atoms with van der Waals surface area (Å²) in [5.74, 6) is -0.772. The summed E-state index contributed by atoms with van der Waals surface area (Å²) in [4.78, 5) is 16.2. The summed E-state index contributed by atoms with van der Waals surface area (Å²) in [6.45, 7) is 2.25. The van der Waals surface area contributed by atoms with Crippen LogP contribution in [-0.2, 0) is 6.54 Å². The molecular weight excluding hydrogens is 257 g/mol. The minimum Gasteiger partial charge on any atom is -0.385 e. The molecule has 2 aromatic rings. The van der Waals surface area contributed by atoms with E-state index in [1.807, 2.05) is 19.1 Å². The molecular formula is C15H16FN3O. The second-order valence-corrected chi connectivity index (χ2v) is 4.40. The van der Waals surface area contributed by atoms with E-state index in [4.69, 9.17) is 0 Å². The van der Waals surface area contributed by atoms with E-state index < -0.39 is 5.82 Å². The Morgan fingerprint density at radius 3 is 2.75 bits per heavy atom. The topological polar surface area (TPSA) is 54.0 Å². The molecule has 0 unspecified atom stereocenters. The van der Waals surface area contributed by atoms with Crippen molar-refractivity contribution in [3.63, 3.8) is 0 Å². The zero-order valence-corrected chi connectivity index (χ0v) is 11.4. The van der Waals surface area contributed by atoms with Gasteiger partial charge in [0.1, 0.15) is 5.82 Å². The third-order valence-corrected chi connectivity index (χ3v) is 2.93. The number of carbonyl (C=O) groups excluding carboxylic acids is 1. The second-order valence-electron chi connectivity index (χ2n) is 4.40. The summed E-state index contributed by atoms with van der Waals surface area (Å²) in [5.41, 5.74) is 2.30. The fourth-order valence-electron chi connectivity index (χ4n) is 1.85. The molecule has 1 aromatic heterocycles. The van der Waals surface area contributed by atoms with Crippen LogP contribution in [0.5, 0.6) is 0 Å². The van der Waals surface area contributed by atoms with Gasteiger partial charge < -0.3 is 10.6 Å². The molecule has 0 bridgehead atoms. The Morgan fingerprint density at radius 2 is 2.10 bits per heavy atom. The van der Waals surface area contributed by atoms with Gasteiger partial charge in [-0.05, 0) is 30.7 Å². The minimum absolute atomic E-state index is 0.201. The minimum atomic E-state index is -0.447. The van der Waals surface area contributed by atoms with E-state index in [1.54, 1.807) is 19.3 Å². The lowest BCUT2D eigenvalue weighted by molar-refractivity contribution is 0.0951. The maximum Gasteiger partial charge on any atom is 0.253 e. The Morgan fingerprint density at radius 1 is 1.30 bits per heavy atom. The van der Waals surface area contributed by atoms with Crippen LogP contribution in [-0.4, -0.2) is 17.9 Å². The maximum absolute atomic E-state index is 13.6. The van der Waals surface area contributed by atoms with E-state index in [1.165, 1.54) is 12.1 Å². The highest BCUT2D eigenvalue weighted by molar-refractivity contribution is 5.99. The first-order chi connectivity index (χ1) is 9.61. The molecule has 2 rings (SSSR count). The Bertz CT molecular complexity index is 611. The Kier molecular flexibility index (Phi) is 4.30. The van der Waals surface area contributed by atoms with Gasteiger partial charge in [0.05, 0.1) is 11.3 Å². The number of rotatable bonds is 4. The average Bonchev–Trinajstić information content (AvgIpc) is 2.46. The number of aryl methyl sites for hydroxylation is 1. The predicted molar refractivity (Wildman–Crippen MR) is 76.1 cm³/mol. The van der Waals surface area contributed by atoms with E-state index in [0.717, 1.165) is 11.3 Å². The number of nitrogens with one attached hydrogen (secondary N) is 2. The number of hydrogen-bond acceptors (Lipinski definition) is 3. The number of aromatic nitrogens is 1. The normalized spacial score (nSPS) is 10.2. The molecule has 5 heteroatoms. The lowest BCUT2D eigenvalue weighted by atomic mass is 10.1. The molecule has 104 valence electrons. The summed E-state index contributed by atoms with van der Waals surface area (Å²) in [6.07, 6.45) is 1.71. The quantitative estimate of drug-likeness (QED) is 0.900. The number of amides is 1. The highest BCUT2D eigenvalue weighted by Crippen LogP contribution is 2.19. The highest BCUT2D eigenvalue weighted by atomic mass is 19.1. The standard InChI is InChI=1S/C15H16FN3O/c1-10-6-7-11(8-18-10)9-19-15(20)12-4-3-5-13(16)14(12)17-2/h3-8,17H,9H2,1-2H3,(H,19,20). The lowest BCUT2D eigenvalue weighted by Gasteiger charge is -2.10. The van der Waals surface area contributed by atoms with Gasteiger partial charge in [-0.15, -0.1) is 0 Å². The van der Waals surface area contributed by atoms with Gasteiger partial charge in [0, 0.05) is 25.5 Å². The van der Waals surface area contributed by atoms with Crippen molar-refractivity contribution < 1.29 is 9.18 Å². The van der Waals surface area contributed by atoms with Crippen LogP contribution in [0.25, 0.3) is 0 Å². The molecule has 0 atom stereocenters. The second kappa shape index (κ2) is 6.14. The molecule has 0 aliphatic rings. The number of nitrogens with zero attached hydrogens (tertiary/aromatic N) is 1. The van der Waals surface area contributed by atoms with Crippen molar-refractivity contribution in [3.8, 4) is 0 Å². The average molecular weight is 273 g/mol. The van der Waals surface area contributed by atoms with Crippen LogP contribution in [0, 0.1) is 12.7 Å². The molecule has 0 fully saturated rings. The summed E-state index contributed by atoms with van der Waals surface area (Å²) in [6, 6.07) is 8.18. The van der Waals surface area contributed by atoms with Crippen LogP contribution >= 0.6 is 0 Å². The van der Waals surface area contributed by atoms with Crippen LogP contribution in [0.3, 0.4) is 0 Å². The molecule has 1 aromatic carbocycles. The smallest absolute Gasteiger partial charge is 0.253 e. The number of halogens is 1. The third-order valence-electron chi connectivity index (χ3n) is 2.93. The fraction of sp³-hybridized carbons (Fsp3) is 0.200. The Hall–Kier alpha value is -2.43. The van der Waals surface area contributed by atoms with E-state index >= 15 is 0 Å². The summed E-state index contributed by atoms with van der Waals surface area (Å²) < 4.78 is 13.6. The molecule has 0 radical (unpaired) electrons. The summed E-state index contributed by atoms with van der Waals surface area (Å²) in [5, 5.41) is 5.45. The van der Waals surface area contributed by atoms with Crippen LogP contribution < -0.4 is 10.6 Å². The fourth-order valence-corrected chi connectivity index (χ4v) is 1.85. The van der Waals surface area contributed by atoms with Gasteiger partial charge in [-0.1, -0.05) is 12.1 Å². The number of pyridine rings is 1. The van der Waals surface area contributed by atoms with E-state index in [2.05, 4.69) is 15.6 Å². The summed E-state index contributed by atoms with van der Waals surface area (Å²) >= 11 is 0. The van der Waals surface area contributed by atoms with E-state index in [0.29, 0.717) is 6.54 Å². The van der Waals surface area contributed by atoms with Crippen molar-refractivity contribution in [2.75, 3.05) is 12.4 Å². The van der Waals surface area contributed by atoms with Gasteiger partial charge in [-0.3, -0.25) is 9.78 Å². The maximum atomic E-state index is 13.6. The molecule has 1 heterocycles. The van der Waals surface area contributed by atoms with Crippen LogP contribution in [0.4, 0.5) is 10.1 Å². The van der Waals surface area contributed by atoms with Crippen molar-refractivity contribution in [1.29, 1.82) is 0 Å². The van der Waals surface area contributed by atoms with Crippen LogP contribution in [0.2, 0.25) is 0 Å². The van der Waals surface area contributed by atoms with Crippen LogP contribution in [0.15, 0.2) is 36.5 Å². The van der Waals surface area contributed by atoms with Crippen molar-refractivity contribution in [2.24, 2.45) is 0 Å². The summed E-state index contributed by atoms with van der Waals surface area (Å²) in [7, 11) is 1.58. The first-order valence-corrected chi connectivity index (χ1v) is 6.28. The molecule has 1 amide bonds. The number of carbonyl (C=O) groups is 1. The van der Waals surface area contributed by atoms with Crippen molar-refractivity contribution >= 4 is 11.6 Å². The first kappa shape index (κ1) is 14.0. The Balaban J connectivity index is 2.09. The van der Waals surface area contributed by atoms with E-state index in [9.17, 15) is 9.18 Å². The lowest BCUT2D eigenvalue weighted by Crippen LogP contribution is -2.24. The molecule has 0 spiro atoms. The van der Waals surface area contributed by atoms with Gasteiger partial charge in [0.15, 0.2) is 0 Å². The molecule has 0 saturated heterocycles. The predicted octanol–water partition coefficient (Wildman–Crippen LogP) is 2.50. The highest BCUT2D eigenvalue weighted by Gasteiger charge is 2.13. The molecule has 0 saturated carbocycles. The molecule has 0 aliphatic heterocycles. The Labute approximate surface area is 117 Å². The number of benzene rings is 1. The molecule has 4 nitrogen and oxygen atoms in total. The monoisotopic (exact) mass is 273 g/mol. The molecule has 0 aliphatic carbocycles. The van der Waals surface area contributed by atoms with Gasteiger partial charge in [-0.25, -0.2) is 4.39 Å². The largest absolute Gasteiger partial charge is 0.385 e. The number of hydrogen-bond donors (Lipinski definition) is 2. The first-order valence-electron chi connectivity index (χ1n) is 6.28. The van der Waals surface area contributed by atoms with E-state index in [-0.39, 0.29) is 17.2 Å². The van der Waals surface area contributed by atoms with Crippen molar-refractivity contribution in [1.82, 2.24) is 10.3 Å². The third kappa shape index (κ3) is 3.12. The number of para-hydroxylation sites is 1. The van der Waals surface area contributed by atoms with Gasteiger partial charge >= 0.3 is 0 Å². The zero-order chi connectivity index (χ0) is 14.5. The molecule has 2 N–H and O–H groups in total. The van der Waals surface area contributed by atoms with Crippen LogP contribution in [0.1, 0.15) is 21.6 Å².